The molecule has 6 nitrogen and oxygen atoms in total. The molecule has 1 aromatic heterocycles. The Morgan fingerprint density at radius 1 is 0.980 bits per heavy atom. The van der Waals surface area contributed by atoms with Crippen molar-refractivity contribution in [3.05, 3.63) is 128 Å². The van der Waals surface area contributed by atoms with Gasteiger partial charge in [-0.05, 0) is 101 Å². The van der Waals surface area contributed by atoms with Crippen molar-refractivity contribution >= 4 is 38.5 Å². The lowest BCUT2D eigenvalue weighted by atomic mass is 9.96. The van der Waals surface area contributed by atoms with E-state index in [1.54, 1.807) is 83.4 Å². The van der Waals surface area contributed by atoms with Crippen LogP contribution in [0.2, 0.25) is 0 Å². The van der Waals surface area contributed by atoms with E-state index < -0.39 is 23.2 Å². The zero-order valence-corrected chi connectivity index (χ0v) is 30.5. The number of ether oxygens (including phenoxy) is 3. The molecule has 0 amide bonds. The fraction of sp³-hybridized carbons (Fsp3) is 0.333. The molecule has 0 saturated heterocycles. The third-order valence-corrected chi connectivity index (χ3v) is 8.30. The van der Waals surface area contributed by atoms with Crippen molar-refractivity contribution in [2.45, 2.75) is 73.1 Å². The number of esters is 1. The summed E-state index contributed by atoms with van der Waals surface area (Å²) in [4.78, 5) is 17.5. The highest BCUT2D eigenvalue weighted by atomic mass is 79.9. The minimum Gasteiger partial charge on any atom is -0.493 e. The van der Waals surface area contributed by atoms with Crippen LogP contribution < -0.4 is 0 Å². The molecular weight excluding hydrogens is 697 g/mol. The third kappa shape index (κ3) is 9.95. The number of aromatic nitrogens is 2. The van der Waals surface area contributed by atoms with Crippen LogP contribution in [0.25, 0.3) is 16.6 Å². The summed E-state index contributed by atoms with van der Waals surface area (Å²) >= 11 is 3.24. The van der Waals surface area contributed by atoms with Gasteiger partial charge in [-0.1, -0.05) is 46.6 Å². The lowest BCUT2D eigenvalue weighted by Crippen LogP contribution is -2.23. The molecule has 10 heteroatoms. The van der Waals surface area contributed by atoms with Crippen LogP contribution in [-0.2, 0) is 33.8 Å². The second-order valence-electron chi connectivity index (χ2n) is 12.7. The molecule has 4 rings (SSSR count). The number of nitrogens with zero attached hydrogens (tertiary/aromatic N) is 2. The van der Waals surface area contributed by atoms with E-state index in [0.29, 0.717) is 63.4 Å². The number of methoxy groups -OCH3 is 1. The van der Waals surface area contributed by atoms with Gasteiger partial charge in [0.05, 0.1) is 29.0 Å². The quantitative estimate of drug-likeness (QED) is 0.0776. The summed E-state index contributed by atoms with van der Waals surface area (Å²) in [5.41, 5.74) is 3.09. The predicted molar refractivity (Wildman–Crippen MR) is 191 cm³/mol. The summed E-state index contributed by atoms with van der Waals surface area (Å²) in [6.07, 6.45) is 5.76. The summed E-state index contributed by atoms with van der Waals surface area (Å²) in [5.74, 6) is -0.946. The van der Waals surface area contributed by atoms with Gasteiger partial charge in [-0.2, -0.15) is 0 Å². The van der Waals surface area contributed by atoms with Gasteiger partial charge in [0.2, 0.25) is 0 Å². The van der Waals surface area contributed by atoms with Gasteiger partial charge in [0.1, 0.15) is 35.5 Å². The van der Waals surface area contributed by atoms with Crippen LogP contribution in [0.3, 0.4) is 0 Å². The molecule has 0 aliphatic heterocycles. The summed E-state index contributed by atoms with van der Waals surface area (Å²) in [7, 11) is 1.58. The van der Waals surface area contributed by atoms with Gasteiger partial charge in [0.25, 0.3) is 0 Å². The van der Waals surface area contributed by atoms with E-state index in [9.17, 15) is 9.18 Å². The topological polar surface area (TPSA) is 62.6 Å². The second kappa shape index (κ2) is 16.5. The molecule has 0 saturated carbocycles. The van der Waals surface area contributed by atoms with Gasteiger partial charge < -0.3 is 18.8 Å². The number of imidazole rings is 1. The van der Waals surface area contributed by atoms with Crippen molar-refractivity contribution in [2.24, 2.45) is 0 Å². The van der Waals surface area contributed by atoms with Crippen LogP contribution in [0.15, 0.2) is 82.6 Å². The van der Waals surface area contributed by atoms with Crippen molar-refractivity contribution in [1.82, 2.24) is 9.55 Å². The smallest absolute Gasteiger partial charge is 0.338 e. The van der Waals surface area contributed by atoms with Crippen LogP contribution in [-0.4, -0.2) is 34.8 Å². The van der Waals surface area contributed by atoms with Crippen LogP contribution in [0, 0.1) is 17.5 Å². The molecule has 0 bridgehead atoms. The normalized spacial score (nSPS) is 12.9. The lowest BCUT2D eigenvalue weighted by molar-refractivity contribution is 0.00696. The van der Waals surface area contributed by atoms with Crippen molar-refractivity contribution in [3.63, 3.8) is 0 Å². The summed E-state index contributed by atoms with van der Waals surface area (Å²) in [5, 5.41) is 0. The van der Waals surface area contributed by atoms with E-state index in [1.165, 1.54) is 18.2 Å². The summed E-state index contributed by atoms with van der Waals surface area (Å²) in [6, 6.07) is 12.3. The first-order chi connectivity index (χ1) is 23.2. The van der Waals surface area contributed by atoms with Gasteiger partial charge in [0, 0.05) is 35.7 Å². The van der Waals surface area contributed by atoms with Crippen LogP contribution in [0.4, 0.5) is 13.2 Å². The van der Waals surface area contributed by atoms with Crippen molar-refractivity contribution in [2.75, 3.05) is 13.7 Å². The number of allylic oxidation sites excluding steroid dienone is 6. The van der Waals surface area contributed by atoms with E-state index in [1.807, 2.05) is 18.4 Å². The molecule has 0 fully saturated rings. The molecule has 0 atom stereocenters. The molecule has 260 valence electrons. The number of halogens is 4. The van der Waals surface area contributed by atoms with Gasteiger partial charge in [-0.3, -0.25) is 0 Å². The van der Waals surface area contributed by atoms with Gasteiger partial charge in [-0.15, -0.1) is 0 Å². The number of hydrogen-bond acceptors (Lipinski definition) is 5. The molecule has 0 aliphatic carbocycles. The van der Waals surface area contributed by atoms with Crippen molar-refractivity contribution in [3.8, 4) is 0 Å². The maximum atomic E-state index is 15.8. The predicted octanol–water partition coefficient (Wildman–Crippen LogP) is 10.3. The molecule has 0 radical (unpaired) electrons. The number of carbonyl (C=O) groups excluding carboxylic acids is 1. The zero-order chi connectivity index (χ0) is 35.9. The Morgan fingerprint density at radius 3 is 2.39 bits per heavy atom. The molecule has 0 N–H and O–H groups in total. The Kier molecular flexibility index (Phi) is 12.7. The fourth-order valence-electron chi connectivity index (χ4n) is 5.11. The number of benzene rings is 3. The van der Waals surface area contributed by atoms with Crippen LogP contribution >= 0.6 is 15.9 Å². The highest BCUT2D eigenvalue weighted by Crippen LogP contribution is 2.29. The van der Waals surface area contributed by atoms with Crippen molar-refractivity contribution < 1.29 is 32.2 Å². The minimum atomic E-state index is -0.658. The molecule has 1 heterocycles. The number of fused-ring (bicyclic) bond motifs is 1. The molecule has 0 spiro atoms. The Labute approximate surface area is 294 Å². The lowest BCUT2D eigenvalue weighted by Gasteiger charge is -2.19. The summed E-state index contributed by atoms with van der Waals surface area (Å²) in [6.45, 7) is 11.7. The SMILES string of the molecule is CC/C(C)=C(/C=C\C=C(/C)OCc1ccc(Br)cc1F)c1cc(F)c(Cc2nc3ccc(C(=O)OC(C)(C)C)cc3n2CCOC)cc1F. The molecule has 4 aromatic rings. The minimum absolute atomic E-state index is 0.0169. The Bertz CT molecular complexity index is 1920. The highest BCUT2D eigenvalue weighted by Gasteiger charge is 2.21. The standard InChI is InChI=1S/C39H42BrF3N2O4/c1-8-24(2)30(11-9-10-25(3)48-23-27-12-14-29(40)21-32(27)41)31-22-33(42)28(18-34(31)43)20-37-44-35-15-13-26(38(46)49-39(4,5)6)19-36(35)45(37)16-17-47-7/h9-15,18-19,21-22H,8,16-17,20,23H2,1-7H3/b11-9-,25-10+,30-24-. The van der Waals surface area contributed by atoms with E-state index in [-0.39, 0.29) is 30.0 Å². The molecule has 0 unspecified atom stereocenters. The second-order valence-corrected chi connectivity index (χ2v) is 13.6. The number of carbonyl (C=O) groups is 1. The maximum absolute atomic E-state index is 15.8. The highest BCUT2D eigenvalue weighted by molar-refractivity contribution is 9.10. The monoisotopic (exact) mass is 738 g/mol. The molecule has 0 aliphatic rings. The van der Waals surface area contributed by atoms with Crippen molar-refractivity contribution in [1.29, 1.82) is 0 Å². The third-order valence-electron chi connectivity index (χ3n) is 7.81. The first kappa shape index (κ1) is 37.7. The first-order valence-electron chi connectivity index (χ1n) is 16.0. The Hall–Kier alpha value is -4.15. The fourth-order valence-corrected chi connectivity index (χ4v) is 5.45. The average molecular weight is 740 g/mol. The Morgan fingerprint density at radius 2 is 1.71 bits per heavy atom. The summed E-state index contributed by atoms with van der Waals surface area (Å²) < 4.78 is 64.8. The first-order valence-corrected chi connectivity index (χ1v) is 16.8. The zero-order valence-electron chi connectivity index (χ0n) is 28.9. The maximum Gasteiger partial charge on any atom is 0.338 e. The van der Waals surface area contributed by atoms with Gasteiger partial charge >= 0.3 is 5.97 Å². The average Bonchev–Trinajstić information content (AvgIpc) is 3.38. The van der Waals surface area contributed by atoms with E-state index in [0.717, 1.165) is 5.57 Å². The van der Waals surface area contributed by atoms with E-state index in [2.05, 4.69) is 15.9 Å². The van der Waals surface area contributed by atoms with Gasteiger partial charge in [0.15, 0.2) is 0 Å². The number of hydrogen-bond donors (Lipinski definition) is 0. The van der Waals surface area contributed by atoms with Gasteiger partial charge in [-0.25, -0.2) is 22.9 Å². The van der Waals surface area contributed by atoms with E-state index >= 15 is 8.78 Å². The molecule has 3 aromatic carbocycles. The Balaban J connectivity index is 1.60. The molecular formula is C39H42BrF3N2O4. The van der Waals surface area contributed by atoms with Crippen LogP contribution in [0.1, 0.15) is 80.8 Å². The largest absolute Gasteiger partial charge is 0.493 e. The molecule has 49 heavy (non-hydrogen) atoms. The number of rotatable bonds is 13. The van der Waals surface area contributed by atoms with Crippen LogP contribution in [0.5, 0.6) is 0 Å². The van der Waals surface area contributed by atoms with E-state index in [4.69, 9.17) is 19.2 Å².